The Kier molecular flexibility index (Phi) is 4.30. The van der Waals surface area contributed by atoms with Crippen LogP contribution in [0.3, 0.4) is 0 Å². The number of rotatable bonds is 3. The second-order valence-electron chi connectivity index (χ2n) is 8.40. The molecule has 0 spiro atoms. The molecule has 1 aliphatic heterocycles. The molecule has 2 fully saturated rings. The normalized spacial score (nSPS) is 28.3. The van der Waals surface area contributed by atoms with Gasteiger partial charge in [-0.3, -0.25) is 19.2 Å². The minimum Gasteiger partial charge on any atom is -0.507 e. The molecule has 3 atom stereocenters. The predicted molar refractivity (Wildman–Crippen MR) is 102 cm³/mol. The zero-order valence-electron chi connectivity index (χ0n) is 16.5. The third-order valence-electron chi connectivity index (χ3n) is 6.96. The van der Waals surface area contributed by atoms with Gasteiger partial charge in [0.1, 0.15) is 11.5 Å². The Hall–Kier alpha value is -2.34. The van der Waals surface area contributed by atoms with Crippen LogP contribution in [0.4, 0.5) is 0 Å². The molecule has 4 rings (SSSR count). The van der Waals surface area contributed by atoms with Gasteiger partial charge in [-0.05, 0) is 64.5 Å². The maximum atomic E-state index is 13.3. The monoisotopic (exact) mass is 383 g/mol. The third kappa shape index (κ3) is 2.30. The Bertz CT molecular complexity index is 947. The van der Waals surface area contributed by atoms with E-state index in [4.69, 9.17) is 0 Å². The zero-order chi connectivity index (χ0) is 20.4. The summed E-state index contributed by atoms with van der Waals surface area (Å²) in [5.74, 6) is -1.35. The van der Waals surface area contributed by atoms with Crippen molar-refractivity contribution in [1.82, 2.24) is 5.32 Å². The quantitative estimate of drug-likeness (QED) is 0.778. The van der Waals surface area contributed by atoms with Crippen molar-refractivity contribution in [3.8, 4) is 5.75 Å². The molecular formula is C22H25NO5. The Morgan fingerprint density at radius 2 is 1.68 bits per heavy atom. The molecule has 2 N–H and O–H groups in total. The van der Waals surface area contributed by atoms with Crippen LogP contribution in [0.15, 0.2) is 0 Å². The minimum absolute atomic E-state index is 0.0131. The molecule has 0 aromatic heterocycles. The number of benzene rings is 1. The summed E-state index contributed by atoms with van der Waals surface area (Å²) < 4.78 is 0. The summed E-state index contributed by atoms with van der Waals surface area (Å²) in [4.78, 5) is 51.0. The number of carbonyl (C=O) groups is 4. The molecule has 3 aliphatic rings. The second kappa shape index (κ2) is 6.34. The number of phenols is 1. The van der Waals surface area contributed by atoms with E-state index in [1.807, 2.05) is 0 Å². The standard InChI is InChI=1S/C22H25NO5/c1-10(24)17-18(11(2)25)20-13(21(28)19(17)12(3)26)9-15-14-5-4-6-16(27)22(14,20)7-8-23-15/h14-15,23,28H,4-9H2,1-3H3/t14-,15+,22+/m0/s1. The van der Waals surface area contributed by atoms with E-state index >= 15 is 0 Å². The number of aromatic hydroxyl groups is 1. The van der Waals surface area contributed by atoms with Gasteiger partial charge in [0.2, 0.25) is 0 Å². The summed E-state index contributed by atoms with van der Waals surface area (Å²) in [6.45, 7) is 4.60. The molecule has 1 saturated heterocycles. The number of fused-ring (bicyclic) bond motifs is 1. The molecule has 28 heavy (non-hydrogen) atoms. The maximum Gasteiger partial charge on any atom is 0.164 e. The van der Waals surface area contributed by atoms with Crippen molar-refractivity contribution in [3.63, 3.8) is 0 Å². The second-order valence-corrected chi connectivity index (χ2v) is 8.40. The highest BCUT2D eigenvalue weighted by atomic mass is 16.3. The average Bonchev–Trinajstić information content (AvgIpc) is 2.61. The molecule has 0 unspecified atom stereocenters. The first-order chi connectivity index (χ1) is 13.2. The van der Waals surface area contributed by atoms with Gasteiger partial charge >= 0.3 is 0 Å². The topological polar surface area (TPSA) is 101 Å². The summed E-state index contributed by atoms with van der Waals surface area (Å²) in [6, 6.07) is 0.0131. The Labute approximate surface area is 163 Å². The van der Waals surface area contributed by atoms with Crippen molar-refractivity contribution in [2.75, 3.05) is 6.54 Å². The van der Waals surface area contributed by atoms with Gasteiger partial charge < -0.3 is 10.4 Å². The van der Waals surface area contributed by atoms with Crippen molar-refractivity contribution in [2.24, 2.45) is 5.92 Å². The lowest BCUT2D eigenvalue weighted by Crippen LogP contribution is -2.63. The number of piperidine rings is 1. The fourth-order valence-electron chi connectivity index (χ4n) is 6.04. The van der Waals surface area contributed by atoms with Crippen LogP contribution in [0.25, 0.3) is 0 Å². The van der Waals surface area contributed by atoms with Gasteiger partial charge in [-0.15, -0.1) is 0 Å². The largest absolute Gasteiger partial charge is 0.507 e. The number of Topliss-reactive ketones (excluding diaryl/α,β-unsaturated/α-hetero) is 4. The minimum atomic E-state index is -0.861. The van der Waals surface area contributed by atoms with E-state index in [9.17, 15) is 24.3 Å². The van der Waals surface area contributed by atoms with Gasteiger partial charge in [0.05, 0.1) is 11.0 Å². The Morgan fingerprint density at radius 3 is 2.29 bits per heavy atom. The van der Waals surface area contributed by atoms with E-state index in [0.717, 1.165) is 12.8 Å². The van der Waals surface area contributed by atoms with Crippen LogP contribution in [0, 0.1) is 5.92 Å². The van der Waals surface area contributed by atoms with Gasteiger partial charge in [-0.1, -0.05) is 0 Å². The highest BCUT2D eigenvalue weighted by Crippen LogP contribution is 2.56. The summed E-state index contributed by atoms with van der Waals surface area (Å²) >= 11 is 0. The first-order valence-corrected chi connectivity index (χ1v) is 9.93. The summed E-state index contributed by atoms with van der Waals surface area (Å²) in [7, 11) is 0. The Morgan fingerprint density at radius 1 is 1.04 bits per heavy atom. The van der Waals surface area contributed by atoms with Gasteiger partial charge in [-0.2, -0.15) is 0 Å². The molecule has 1 aromatic rings. The summed E-state index contributed by atoms with van der Waals surface area (Å²) in [6.07, 6.45) is 3.09. The number of hydrogen-bond donors (Lipinski definition) is 2. The number of phenolic OH excluding ortho intramolecular Hbond substituents is 1. The average molecular weight is 383 g/mol. The van der Waals surface area contributed by atoms with Crippen molar-refractivity contribution in [3.05, 3.63) is 27.8 Å². The van der Waals surface area contributed by atoms with Gasteiger partial charge in [0.15, 0.2) is 17.3 Å². The smallest absolute Gasteiger partial charge is 0.164 e. The molecule has 1 aromatic carbocycles. The number of hydrogen-bond acceptors (Lipinski definition) is 6. The lowest BCUT2D eigenvalue weighted by molar-refractivity contribution is -0.132. The van der Waals surface area contributed by atoms with Crippen LogP contribution in [0.1, 0.15) is 88.7 Å². The zero-order valence-corrected chi connectivity index (χ0v) is 16.5. The molecular weight excluding hydrogens is 358 g/mol. The van der Waals surface area contributed by atoms with Crippen LogP contribution in [0.2, 0.25) is 0 Å². The molecule has 0 amide bonds. The number of carbonyl (C=O) groups excluding carboxylic acids is 4. The molecule has 2 bridgehead atoms. The first-order valence-electron chi connectivity index (χ1n) is 9.93. The third-order valence-corrected chi connectivity index (χ3v) is 6.96. The van der Waals surface area contributed by atoms with E-state index in [2.05, 4.69) is 5.32 Å². The van der Waals surface area contributed by atoms with Gasteiger partial charge in [-0.25, -0.2) is 0 Å². The Balaban J connectivity index is 2.19. The molecule has 148 valence electrons. The predicted octanol–water partition coefficient (Wildman–Crippen LogP) is 2.53. The van der Waals surface area contributed by atoms with E-state index in [1.165, 1.54) is 20.8 Å². The molecule has 2 aliphatic carbocycles. The first kappa shape index (κ1) is 19.0. The molecule has 6 heteroatoms. The van der Waals surface area contributed by atoms with Crippen molar-refractivity contribution < 1.29 is 24.3 Å². The molecule has 0 radical (unpaired) electrons. The van der Waals surface area contributed by atoms with E-state index in [-0.39, 0.29) is 46.0 Å². The fourth-order valence-corrected chi connectivity index (χ4v) is 6.04. The van der Waals surface area contributed by atoms with Crippen molar-refractivity contribution in [1.29, 1.82) is 0 Å². The fraction of sp³-hybridized carbons (Fsp3) is 0.545. The van der Waals surface area contributed by atoms with Gasteiger partial charge in [0.25, 0.3) is 0 Å². The van der Waals surface area contributed by atoms with Gasteiger partial charge in [0, 0.05) is 29.2 Å². The lowest BCUT2D eigenvalue weighted by Gasteiger charge is -2.55. The van der Waals surface area contributed by atoms with Crippen molar-refractivity contribution in [2.45, 2.75) is 64.3 Å². The number of nitrogens with one attached hydrogen (secondary N) is 1. The summed E-state index contributed by atoms with van der Waals surface area (Å²) in [5.41, 5.74) is 0.211. The van der Waals surface area contributed by atoms with Crippen LogP contribution in [-0.2, 0) is 16.6 Å². The highest BCUT2D eigenvalue weighted by Gasteiger charge is 2.58. The van der Waals surface area contributed by atoms with E-state index in [1.54, 1.807) is 0 Å². The SMILES string of the molecule is CC(=O)c1c(O)c2c(c(C(C)=O)c1C(C)=O)[C@]13CCN[C@H](C2)[C@@H]1CCCC3=O. The maximum absolute atomic E-state index is 13.3. The van der Waals surface area contributed by atoms with Crippen LogP contribution < -0.4 is 5.32 Å². The van der Waals surface area contributed by atoms with Crippen LogP contribution in [-0.4, -0.2) is 40.8 Å². The van der Waals surface area contributed by atoms with Crippen LogP contribution >= 0.6 is 0 Å². The number of ketones is 4. The van der Waals surface area contributed by atoms with Crippen LogP contribution in [0.5, 0.6) is 5.75 Å². The molecule has 1 heterocycles. The molecule has 1 saturated carbocycles. The van der Waals surface area contributed by atoms with E-state index < -0.39 is 17.0 Å². The highest BCUT2D eigenvalue weighted by molar-refractivity contribution is 6.17. The van der Waals surface area contributed by atoms with Crippen molar-refractivity contribution >= 4 is 23.1 Å². The lowest BCUT2D eigenvalue weighted by atomic mass is 9.50. The molecule has 6 nitrogen and oxygen atoms in total. The van der Waals surface area contributed by atoms with E-state index in [0.29, 0.717) is 36.9 Å². The summed E-state index contributed by atoms with van der Waals surface area (Å²) in [5, 5.41) is 14.5.